The number of fused-ring (bicyclic) bond motifs is 1. The molecule has 1 aromatic heterocycles. The molecule has 42 heavy (non-hydrogen) atoms. The van der Waals surface area contributed by atoms with Crippen molar-refractivity contribution in [2.45, 2.75) is 58.0 Å². The van der Waals surface area contributed by atoms with E-state index in [4.69, 9.17) is 9.15 Å². The van der Waals surface area contributed by atoms with Gasteiger partial charge in [0, 0.05) is 26.8 Å². The minimum atomic E-state index is -0.372. The number of para-hydroxylation sites is 1. The second kappa shape index (κ2) is 12.0. The van der Waals surface area contributed by atoms with Crippen LogP contribution in [-0.2, 0) is 27.4 Å². The van der Waals surface area contributed by atoms with Crippen molar-refractivity contribution in [3.63, 3.8) is 0 Å². The number of hydrogen-bond donors (Lipinski definition) is 0. The van der Waals surface area contributed by atoms with Gasteiger partial charge in [0.15, 0.2) is 5.43 Å². The van der Waals surface area contributed by atoms with Crippen molar-refractivity contribution in [3.8, 4) is 0 Å². The average Bonchev–Trinajstić information content (AvgIpc) is 2.98. The van der Waals surface area contributed by atoms with Gasteiger partial charge in [-0.2, -0.15) is 0 Å². The predicted octanol–water partition coefficient (Wildman–Crippen LogP) is 5.54. The third kappa shape index (κ3) is 5.87. The van der Waals surface area contributed by atoms with Crippen LogP contribution in [0.5, 0.6) is 0 Å². The van der Waals surface area contributed by atoms with Crippen molar-refractivity contribution in [2.24, 2.45) is 23.2 Å². The summed E-state index contributed by atoms with van der Waals surface area (Å²) in [5.74, 6) is 1.30. The highest BCUT2D eigenvalue weighted by molar-refractivity contribution is 5.88. The quantitative estimate of drug-likeness (QED) is 0.281. The molecule has 0 spiro atoms. The molecule has 4 fully saturated rings. The minimum Gasteiger partial charge on any atom is -0.464 e. The van der Waals surface area contributed by atoms with E-state index in [0.29, 0.717) is 53.9 Å². The Hall–Kier alpha value is -3.52. The molecule has 0 aliphatic heterocycles. The van der Waals surface area contributed by atoms with Crippen molar-refractivity contribution in [1.82, 2.24) is 9.80 Å². The molecule has 0 unspecified atom stereocenters. The number of ether oxygens (including phenoxy) is 1. The topological polar surface area (TPSA) is 80.1 Å². The van der Waals surface area contributed by atoms with E-state index < -0.39 is 0 Å². The number of carbonyl (C=O) groups excluding carboxylic acids is 2. The second-order valence-electron chi connectivity index (χ2n) is 12.7. The van der Waals surface area contributed by atoms with Gasteiger partial charge in [0.1, 0.15) is 11.4 Å². The highest BCUT2D eigenvalue weighted by Crippen LogP contribution is 2.60. The number of amides is 2. The second-order valence-corrected chi connectivity index (χ2v) is 12.7. The van der Waals surface area contributed by atoms with Crippen LogP contribution in [0, 0.1) is 29.0 Å². The van der Waals surface area contributed by atoms with E-state index in [1.165, 1.54) is 37.7 Å². The fourth-order valence-corrected chi connectivity index (χ4v) is 8.10. The lowest BCUT2D eigenvalue weighted by Crippen LogP contribution is -2.56. The number of nitrogens with zero attached hydrogens (tertiary/aromatic N) is 2. The number of benzene rings is 2. The monoisotopic (exact) mass is 574 g/mol. The summed E-state index contributed by atoms with van der Waals surface area (Å²) in [6, 6.07) is 13.0. The van der Waals surface area contributed by atoms with Crippen molar-refractivity contribution in [3.05, 3.63) is 82.0 Å². The van der Waals surface area contributed by atoms with E-state index in [1.54, 1.807) is 53.3 Å². The minimum absolute atomic E-state index is 0.0147. The number of carbonyl (C=O) groups is 2. The lowest BCUT2D eigenvalue weighted by molar-refractivity contribution is -0.160. The molecule has 4 bridgehead atoms. The standard InChI is InChI=1S/C34H39FN2O5/c1-41-12-4-11-36(33(40)34-16-24-13-25(17-34)15-26(14-24)18-34)21-31(38)37(19-23-7-9-28(35)10-8-23)20-27-22-42-30-6-3-2-5-29(30)32(27)39/h2-3,5-10,22,24-26H,4,11-21H2,1H3. The molecule has 4 saturated carbocycles. The summed E-state index contributed by atoms with van der Waals surface area (Å²) in [5.41, 5.74) is 0.989. The molecular weight excluding hydrogens is 535 g/mol. The van der Waals surface area contributed by atoms with Crippen LogP contribution in [0.1, 0.15) is 56.1 Å². The van der Waals surface area contributed by atoms with Gasteiger partial charge in [-0.3, -0.25) is 14.4 Å². The normalized spacial score (nSPS) is 24.2. The molecule has 0 radical (unpaired) electrons. The van der Waals surface area contributed by atoms with Gasteiger partial charge in [-0.15, -0.1) is 0 Å². The smallest absolute Gasteiger partial charge is 0.242 e. The average molecular weight is 575 g/mol. The highest BCUT2D eigenvalue weighted by Gasteiger charge is 2.55. The van der Waals surface area contributed by atoms with Crippen molar-refractivity contribution in [2.75, 3.05) is 26.8 Å². The fourth-order valence-electron chi connectivity index (χ4n) is 8.10. The summed E-state index contributed by atoms with van der Waals surface area (Å²) >= 11 is 0. The van der Waals surface area contributed by atoms with Gasteiger partial charge in [-0.1, -0.05) is 24.3 Å². The Morgan fingerprint density at radius 3 is 2.29 bits per heavy atom. The number of rotatable bonds is 11. The summed E-state index contributed by atoms with van der Waals surface area (Å²) in [6.07, 6.45) is 8.50. The van der Waals surface area contributed by atoms with Crippen molar-refractivity contribution in [1.29, 1.82) is 0 Å². The molecule has 1 heterocycles. The zero-order chi connectivity index (χ0) is 29.3. The lowest BCUT2D eigenvalue weighted by Gasteiger charge is -2.56. The molecule has 0 saturated heterocycles. The zero-order valence-electron chi connectivity index (χ0n) is 24.2. The van der Waals surface area contributed by atoms with Gasteiger partial charge >= 0.3 is 0 Å². The first-order valence-electron chi connectivity index (χ1n) is 15.1. The van der Waals surface area contributed by atoms with E-state index in [0.717, 1.165) is 24.8 Å². The third-order valence-corrected chi connectivity index (χ3v) is 9.63. The maximum atomic E-state index is 14.3. The molecule has 3 aromatic rings. The predicted molar refractivity (Wildman–Crippen MR) is 157 cm³/mol. The Kier molecular flexibility index (Phi) is 8.17. The van der Waals surface area contributed by atoms with Gasteiger partial charge in [-0.25, -0.2) is 4.39 Å². The molecule has 4 aliphatic carbocycles. The van der Waals surface area contributed by atoms with Crippen LogP contribution >= 0.6 is 0 Å². The molecule has 0 atom stereocenters. The van der Waals surface area contributed by atoms with Crippen LogP contribution in [0.4, 0.5) is 4.39 Å². The van der Waals surface area contributed by atoms with E-state index in [-0.39, 0.29) is 48.1 Å². The maximum Gasteiger partial charge on any atom is 0.242 e. The van der Waals surface area contributed by atoms with Crippen LogP contribution < -0.4 is 5.43 Å². The van der Waals surface area contributed by atoms with E-state index in [2.05, 4.69) is 0 Å². The first-order chi connectivity index (χ1) is 20.3. The maximum absolute atomic E-state index is 14.3. The van der Waals surface area contributed by atoms with Crippen molar-refractivity contribution >= 4 is 22.8 Å². The first-order valence-corrected chi connectivity index (χ1v) is 15.1. The number of hydrogen-bond acceptors (Lipinski definition) is 5. The molecule has 2 amide bonds. The van der Waals surface area contributed by atoms with Crippen LogP contribution in [-0.4, -0.2) is 48.4 Å². The zero-order valence-corrected chi connectivity index (χ0v) is 24.2. The van der Waals surface area contributed by atoms with Gasteiger partial charge in [0.2, 0.25) is 11.8 Å². The summed E-state index contributed by atoms with van der Waals surface area (Å²) in [6.45, 7) is 1.03. The highest BCUT2D eigenvalue weighted by atomic mass is 19.1. The van der Waals surface area contributed by atoms with Crippen LogP contribution in [0.2, 0.25) is 0 Å². The molecule has 2 aromatic carbocycles. The fraction of sp³-hybridized carbons (Fsp3) is 0.500. The van der Waals surface area contributed by atoms with Gasteiger partial charge in [0.05, 0.1) is 35.7 Å². The van der Waals surface area contributed by atoms with E-state index >= 15 is 0 Å². The third-order valence-electron chi connectivity index (χ3n) is 9.63. The Morgan fingerprint density at radius 2 is 1.62 bits per heavy atom. The van der Waals surface area contributed by atoms with Crippen LogP contribution in [0.25, 0.3) is 11.0 Å². The van der Waals surface area contributed by atoms with Crippen LogP contribution in [0.15, 0.2) is 64.0 Å². The van der Waals surface area contributed by atoms with Crippen molar-refractivity contribution < 1.29 is 23.1 Å². The molecular formula is C34H39FN2O5. The largest absolute Gasteiger partial charge is 0.464 e. The lowest BCUT2D eigenvalue weighted by atomic mass is 9.49. The molecule has 7 nitrogen and oxygen atoms in total. The summed E-state index contributed by atoms with van der Waals surface area (Å²) < 4.78 is 24.7. The molecule has 0 N–H and O–H groups in total. The van der Waals surface area contributed by atoms with Crippen LogP contribution in [0.3, 0.4) is 0 Å². The Bertz CT molecular complexity index is 1460. The van der Waals surface area contributed by atoms with Gasteiger partial charge in [0.25, 0.3) is 0 Å². The summed E-state index contributed by atoms with van der Waals surface area (Å²) in [4.78, 5) is 45.0. The Labute approximate surface area is 245 Å². The van der Waals surface area contributed by atoms with Gasteiger partial charge in [-0.05, 0) is 92.5 Å². The first kappa shape index (κ1) is 28.6. The Morgan fingerprint density at radius 1 is 0.952 bits per heavy atom. The molecule has 7 rings (SSSR count). The number of methoxy groups -OCH3 is 1. The van der Waals surface area contributed by atoms with E-state index in [9.17, 15) is 18.8 Å². The molecule has 222 valence electrons. The summed E-state index contributed by atoms with van der Waals surface area (Å²) in [5, 5.41) is 0.447. The van der Waals surface area contributed by atoms with E-state index in [1.807, 2.05) is 0 Å². The summed E-state index contributed by atoms with van der Waals surface area (Å²) in [7, 11) is 1.63. The molecule has 8 heteroatoms. The SMILES string of the molecule is COCCCN(CC(=O)N(Cc1ccc(F)cc1)Cc1coc2ccccc2c1=O)C(=O)C12CC3CC(CC(C3)C1)C2. The number of halogens is 1. The van der Waals surface area contributed by atoms with Gasteiger partial charge < -0.3 is 19.0 Å². The molecule has 4 aliphatic rings. The Balaban J connectivity index is 1.27.